The quantitative estimate of drug-likeness (QED) is 0.813. The second-order valence-corrected chi connectivity index (χ2v) is 5.54. The highest BCUT2D eigenvalue weighted by atomic mass is 32.1. The molecule has 2 heteroatoms. The van der Waals surface area contributed by atoms with Crippen molar-refractivity contribution >= 4 is 11.3 Å². The minimum atomic E-state index is 0.430. The number of hydrogen-bond donors (Lipinski definition) is 1. The highest BCUT2D eigenvalue weighted by molar-refractivity contribution is 7.07. The van der Waals surface area contributed by atoms with E-state index in [0.29, 0.717) is 6.04 Å². The molecule has 0 aliphatic heterocycles. The Kier molecular flexibility index (Phi) is 4.97. The zero-order valence-corrected chi connectivity index (χ0v) is 12.0. The largest absolute Gasteiger partial charge is 0.310 e. The van der Waals surface area contributed by atoms with Gasteiger partial charge in [-0.15, -0.1) is 0 Å². The maximum Gasteiger partial charge on any atom is 0.0361 e. The second-order valence-electron chi connectivity index (χ2n) is 4.76. The van der Waals surface area contributed by atoms with Crippen molar-refractivity contribution in [3.8, 4) is 0 Å². The van der Waals surface area contributed by atoms with E-state index in [-0.39, 0.29) is 0 Å². The van der Waals surface area contributed by atoms with Crippen molar-refractivity contribution in [1.82, 2.24) is 5.32 Å². The van der Waals surface area contributed by atoms with Crippen molar-refractivity contribution in [2.75, 3.05) is 6.54 Å². The second kappa shape index (κ2) is 6.72. The molecule has 1 N–H and O–H groups in total. The van der Waals surface area contributed by atoms with E-state index in [1.54, 1.807) is 11.3 Å². The summed E-state index contributed by atoms with van der Waals surface area (Å²) in [7, 11) is 0. The van der Waals surface area contributed by atoms with Crippen LogP contribution in [0.15, 0.2) is 41.1 Å². The molecule has 1 unspecified atom stereocenters. The Balaban J connectivity index is 2.13. The van der Waals surface area contributed by atoms with Gasteiger partial charge in [-0.1, -0.05) is 36.8 Å². The Morgan fingerprint density at radius 3 is 2.83 bits per heavy atom. The molecule has 0 radical (unpaired) electrons. The zero-order chi connectivity index (χ0) is 12.8. The number of hydrogen-bond acceptors (Lipinski definition) is 2. The third-order valence-corrected chi connectivity index (χ3v) is 3.84. The van der Waals surface area contributed by atoms with Crippen LogP contribution in [-0.2, 0) is 6.42 Å². The molecule has 1 aromatic carbocycles. The van der Waals surface area contributed by atoms with E-state index < -0.39 is 0 Å². The summed E-state index contributed by atoms with van der Waals surface area (Å²) >= 11 is 1.78. The van der Waals surface area contributed by atoms with E-state index in [1.807, 2.05) is 0 Å². The topological polar surface area (TPSA) is 12.0 Å². The third kappa shape index (κ3) is 3.69. The SMILES string of the molecule is CCCNC(Cc1ccsc1)c1cccc(C)c1. The maximum atomic E-state index is 3.66. The lowest BCUT2D eigenvalue weighted by Gasteiger charge is -2.19. The molecule has 0 fully saturated rings. The molecular formula is C16H21NS. The Bertz CT molecular complexity index is 462. The van der Waals surface area contributed by atoms with Gasteiger partial charge in [0, 0.05) is 6.04 Å². The number of rotatable bonds is 6. The Hall–Kier alpha value is -1.12. The van der Waals surface area contributed by atoms with Gasteiger partial charge in [0.25, 0.3) is 0 Å². The molecular weight excluding hydrogens is 238 g/mol. The number of benzene rings is 1. The fourth-order valence-electron chi connectivity index (χ4n) is 2.16. The minimum Gasteiger partial charge on any atom is -0.310 e. The molecule has 18 heavy (non-hydrogen) atoms. The lowest BCUT2D eigenvalue weighted by Crippen LogP contribution is -2.24. The summed E-state index contributed by atoms with van der Waals surface area (Å²) in [6.07, 6.45) is 2.25. The molecule has 2 rings (SSSR count). The van der Waals surface area contributed by atoms with Gasteiger partial charge < -0.3 is 5.32 Å². The molecule has 96 valence electrons. The van der Waals surface area contributed by atoms with Crippen molar-refractivity contribution in [1.29, 1.82) is 0 Å². The van der Waals surface area contributed by atoms with E-state index in [4.69, 9.17) is 0 Å². The van der Waals surface area contributed by atoms with E-state index in [0.717, 1.165) is 13.0 Å². The minimum absolute atomic E-state index is 0.430. The molecule has 0 saturated heterocycles. The summed E-state index contributed by atoms with van der Waals surface area (Å²) in [5.41, 5.74) is 4.16. The average Bonchev–Trinajstić information content (AvgIpc) is 2.87. The number of nitrogens with one attached hydrogen (secondary N) is 1. The fourth-order valence-corrected chi connectivity index (χ4v) is 2.84. The fraction of sp³-hybridized carbons (Fsp3) is 0.375. The van der Waals surface area contributed by atoms with Gasteiger partial charge in [-0.3, -0.25) is 0 Å². The summed E-state index contributed by atoms with van der Waals surface area (Å²) in [6, 6.07) is 11.5. The first-order chi connectivity index (χ1) is 8.79. The molecule has 0 spiro atoms. The van der Waals surface area contributed by atoms with E-state index >= 15 is 0 Å². The van der Waals surface area contributed by atoms with Crippen LogP contribution >= 0.6 is 11.3 Å². The van der Waals surface area contributed by atoms with Crippen molar-refractivity contribution in [2.45, 2.75) is 32.7 Å². The molecule has 0 aliphatic rings. The predicted molar refractivity (Wildman–Crippen MR) is 80.2 cm³/mol. The smallest absolute Gasteiger partial charge is 0.0361 e. The van der Waals surface area contributed by atoms with Crippen LogP contribution in [0.3, 0.4) is 0 Å². The molecule has 1 nitrogen and oxygen atoms in total. The lowest BCUT2D eigenvalue weighted by molar-refractivity contribution is 0.529. The molecule has 0 saturated carbocycles. The van der Waals surface area contributed by atoms with Crippen LogP contribution in [0.1, 0.15) is 36.1 Å². The lowest BCUT2D eigenvalue weighted by atomic mass is 9.99. The van der Waals surface area contributed by atoms with Gasteiger partial charge in [0.1, 0.15) is 0 Å². The van der Waals surface area contributed by atoms with E-state index in [1.165, 1.54) is 23.1 Å². The Labute approximate surface area is 114 Å². The maximum absolute atomic E-state index is 3.66. The highest BCUT2D eigenvalue weighted by Crippen LogP contribution is 2.21. The average molecular weight is 259 g/mol. The third-order valence-electron chi connectivity index (χ3n) is 3.11. The Morgan fingerprint density at radius 2 is 2.17 bits per heavy atom. The van der Waals surface area contributed by atoms with Gasteiger partial charge in [-0.05, 0) is 54.3 Å². The van der Waals surface area contributed by atoms with E-state index in [2.05, 4.69) is 60.3 Å². The molecule has 0 amide bonds. The molecule has 2 aromatic rings. The van der Waals surface area contributed by atoms with Crippen molar-refractivity contribution in [2.24, 2.45) is 0 Å². The summed E-state index contributed by atoms with van der Waals surface area (Å²) in [4.78, 5) is 0. The zero-order valence-electron chi connectivity index (χ0n) is 11.1. The van der Waals surface area contributed by atoms with Crippen molar-refractivity contribution < 1.29 is 0 Å². The van der Waals surface area contributed by atoms with Crippen LogP contribution in [0.25, 0.3) is 0 Å². The van der Waals surface area contributed by atoms with Crippen LogP contribution in [0.4, 0.5) is 0 Å². The van der Waals surface area contributed by atoms with Crippen molar-refractivity contribution in [3.05, 3.63) is 57.8 Å². The van der Waals surface area contributed by atoms with Crippen LogP contribution in [-0.4, -0.2) is 6.54 Å². The first-order valence-electron chi connectivity index (χ1n) is 6.60. The van der Waals surface area contributed by atoms with Crippen LogP contribution in [0, 0.1) is 6.92 Å². The first-order valence-corrected chi connectivity index (χ1v) is 7.55. The molecule has 1 heterocycles. The Morgan fingerprint density at radius 1 is 1.28 bits per heavy atom. The van der Waals surface area contributed by atoms with Gasteiger partial charge >= 0.3 is 0 Å². The normalized spacial score (nSPS) is 12.6. The summed E-state index contributed by atoms with van der Waals surface area (Å²) in [5.74, 6) is 0. The van der Waals surface area contributed by atoms with Gasteiger partial charge in [0.15, 0.2) is 0 Å². The van der Waals surface area contributed by atoms with Crippen LogP contribution in [0.2, 0.25) is 0 Å². The molecule has 1 atom stereocenters. The van der Waals surface area contributed by atoms with Gasteiger partial charge in [-0.2, -0.15) is 11.3 Å². The standard InChI is InChI=1S/C16H21NS/c1-3-8-17-16(11-14-7-9-18-12-14)15-6-4-5-13(2)10-15/h4-7,9-10,12,16-17H,3,8,11H2,1-2H3. The van der Waals surface area contributed by atoms with Gasteiger partial charge in [0.05, 0.1) is 0 Å². The highest BCUT2D eigenvalue weighted by Gasteiger charge is 2.11. The molecule has 0 bridgehead atoms. The predicted octanol–water partition coefficient (Wildman–Crippen LogP) is 4.34. The number of aryl methyl sites for hydroxylation is 1. The van der Waals surface area contributed by atoms with Gasteiger partial charge in [0.2, 0.25) is 0 Å². The van der Waals surface area contributed by atoms with Gasteiger partial charge in [-0.25, -0.2) is 0 Å². The summed E-state index contributed by atoms with van der Waals surface area (Å²) in [5, 5.41) is 8.06. The molecule has 1 aromatic heterocycles. The summed E-state index contributed by atoms with van der Waals surface area (Å²) in [6.45, 7) is 5.44. The van der Waals surface area contributed by atoms with E-state index in [9.17, 15) is 0 Å². The van der Waals surface area contributed by atoms with Crippen LogP contribution in [0.5, 0.6) is 0 Å². The first kappa shape index (κ1) is 13.3. The monoisotopic (exact) mass is 259 g/mol. The number of thiophene rings is 1. The molecule has 0 aliphatic carbocycles. The summed E-state index contributed by atoms with van der Waals surface area (Å²) < 4.78 is 0. The van der Waals surface area contributed by atoms with Crippen LogP contribution < -0.4 is 5.32 Å². The van der Waals surface area contributed by atoms with Crippen molar-refractivity contribution in [3.63, 3.8) is 0 Å².